The molecule has 2 unspecified atom stereocenters. The third kappa shape index (κ3) is 3.66. The zero-order chi connectivity index (χ0) is 16.1. The predicted molar refractivity (Wildman–Crippen MR) is 83.4 cm³/mol. The predicted octanol–water partition coefficient (Wildman–Crippen LogP) is 2.68. The summed E-state index contributed by atoms with van der Waals surface area (Å²) in [5.41, 5.74) is 2.40. The van der Waals surface area contributed by atoms with Gasteiger partial charge < -0.3 is 10.4 Å². The molecule has 0 radical (unpaired) electrons. The number of aliphatic hydroxyl groups is 1. The van der Waals surface area contributed by atoms with Crippen LogP contribution in [0.4, 0.5) is 5.69 Å². The number of aliphatic hydroxyl groups excluding tert-OH is 1. The van der Waals surface area contributed by atoms with E-state index >= 15 is 0 Å². The fourth-order valence-corrected chi connectivity index (χ4v) is 2.41. The van der Waals surface area contributed by atoms with Crippen LogP contribution in [0.15, 0.2) is 42.7 Å². The number of hydrogen-bond donors (Lipinski definition) is 2. The van der Waals surface area contributed by atoms with E-state index in [1.165, 1.54) is 6.07 Å². The lowest BCUT2D eigenvalue weighted by atomic mass is 10.0. The molecule has 2 aromatic rings. The minimum Gasteiger partial charge on any atom is -0.387 e. The molecular weight excluding hydrogens is 282 g/mol. The van der Waals surface area contributed by atoms with E-state index < -0.39 is 6.10 Å². The number of nitrogens with one attached hydrogen (secondary N) is 1. The van der Waals surface area contributed by atoms with Crippen molar-refractivity contribution in [3.63, 3.8) is 0 Å². The Hall–Kier alpha value is -2.31. The molecule has 1 heterocycles. The van der Waals surface area contributed by atoms with Crippen LogP contribution in [-0.2, 0) is 0 Å². The standard InChI is InChI=1S/C16H19N3O3/c1-11-14(4-3-5-15(11)19(21)22)12(2)18-10-16(20)13-6-8-17-9-7-13/h3-9,12,16,18,20H,10H2,1-2H3. The molecule has 116 valence electrons. The second kappa shape index (κ2) is 7.11. The van der Waals surface area contributed by atoms with Crippen LogP contribution in [0.3, 0.4) is 0 Å². The van der Waals surface area contributed by atoms with E-state index in [-0.39, 0.29) is 16.7 Å². The largest absolute Gasteiger partial charge is 0.387 e. The number of rotatable bonds is 6. The Morgan fingerprint density at radius 1 is 1.32 bits per heavy atom. The molecule has 0 bridgehead atoms. The van der Waals surface area contributed by atoms with Crippen LogP contribution >= 0.6 is 0 Å². The number of nitro benzene ring substituents is 1. The second-order valence-corrected chi connectivity index (χ2v) is 5.17. The van der Waals surface area contributed by atoms with Gasteiger partial charge in [-0.1, -0.05) is 12.1 Å². The number of aromatic nitrogens is 1. The molecule has 6 heteroatoms. The molecular formula is C16H19N3O3. The third-order valence-electron chi connectivity index (χ3n) is 3.72. The number of hydrogen-bond acceptors (Lipinski definition) is 5. The monoisotopic (exact) mass is 301 g/mol. The minimum absolute atomic E-state index is 0.101. The van der Waals surface area contributed by atoms with Crippen molar-refractivity contribution in [2.75, 3.05) is 6.54 Å². The summed E-state index contributed by atoms with van der Waals surface area (Å²) in [7, 11) is 0. The van der Waals surface area contributed by atoms with Crippen molar-refractivity contribution in [2.45, 2.75) is 26.0 Å². The zero-order valence-electron chi connectivity index (χ0n) is 12.6. The van der Waals surface area contributed by atoms with E-state index in [0.717, 1.165) is 11.1 Å². The lowest BCUT2D eigenvalue weighted by Crippen LogP contribution is -2.25. The summed E-state index contributed by atoms with van der Waals surface area (Å²) < 4.78 is 0. The summed E-state index contributed by atoms with van der Waals surface area (Å²) in [5, 5.41) is 24.3. The number of pyridine rings is 1. The first-order chi connectivity index (χ1) is 10.5. The van der Waals surface area contributed by atoms with Crippen LogP contribution in [-0.4, -0.2) is 21.6 Å². The first-order valence-electron chi connectivity index (χ1n) is 7.06. The summed E-state index contributed by atoms with van der Waals surface area (Å²) in [6, 6.07) is 8.45. The minimum atomic E-state index is -0.649. The summed E-state index contributed by atoms with van der Waals surface area (Å²) in [6.07, 6.45) is 2.61. The lowest BCUT2D eigenvalue weighted by Gasteiger charge is -2.19. The van der Waals surface area contributed by atoms with E-state index in [2.05, 4.69) is 10.3 Å². The Morgan fingerprint density at radius 2 is 2.00 bits per heavy atom. The summed E-state index contributed by atoms with van der Waals surface area (Å²) >= 11 is 0. The number of nitrogens with zero attached hydrogens (tertiary/aromatic N) is 2. The van der Waals surface area contributed by atoms with E-state index in [9.17, 15) is 15.2 Å². The Kier molecular flexibility index (Phi) is 5.19. The maximum absolute atomic E-state index is 11.0. The van der Waals surface area contributed by atoms with Crippen molar-refractivity contribution in [1.82, 2.24) is 10.3 Å². The quantitative estimate of drug-likeness (QED) is 0.632. The zero-order valence-corrected chi connectivity index (χ0v) is 12.6. The molecule has 0 amide bonds. The molecule has 6 nitrogen and oxygen atoms in total. The molecule has 22 heavy (non-hydrogen) atoms. The van der Waals surface area contributed by atoms with Gasteiger partial charge in [-0.3, -0.25) is 15.1 Å². The molecule has 2 atom stereocenters. The van der Waals surface area contributed by atoms with Crippen LogP contribution in [0.5, 0.6) is 0 Å². The molecule has 1 aromatic carbocycles. The van der Waals surface area contributed by atoms with Gasteiger partial charge in [-0.15, -0.1) is 0 Å². The van der Waals surface area contributed by atoms with Crippen molar-refractivity contribution in [2.24, 2.45) is 0 Å². The Balaban J connectivity index is 2.05. The van der Waals surface area contributed by atoms with Crippen molar-refractivity contribution >= 4 is 5.69 Å². The molecule has 0 aliphatic carbocycles. The number of nitro groups is 1. The first-order valence-corrected chi connectivity index (χ1v) is 7.06. The van der Waals surface area contributed by atoms with Gasteiger partial charge in [-0.05, 0) is 37.1 Å². The first kappa shape index (κ1) is 16.1. The summed E-state index contributed by atoms with van der Waals surface area (Å²) in [5.74, 6) is 0. The van der Waals surface area contributed by atoms with Crippen LogP contribution in [0.1, 0.15) is 35.8 Å². The van der Waals surface area contributed by atoms with Crippen LogP contribution in [0, 0.1) is 17.0 Å². The summed E-state index contributed by atoms with van der Waals surface area (Å²) in [6.45, 7) is 4.02. The normalized spacial score (nSPS) is 13.6. The fourth-order valence-electron chi connectivity index (χ4n) is 2.41. The molecule has 1 aromatic heterocycles. The second-order valence-electron chi connectivity index (χ2n) is 5.17. The molecule has 2 N–H and O–H groups in total. The van der Waals surface area contributed by atoms with Crippen molar-refractivity contribution in [1.29, 1.82) is 0 Å². The van der Waals surface area contributed by atoms with Crippen LogP contribution < -0.4 is 5.32 Å². The summed E-state index contributed by atoms with van der Waals surface area (Å²) in [4.78, 5) is 14.5. The van der Waals surface area contributed by atoms with E-state index in [0.29, 0.717) is 12.1 Å². The van der Waals surface area contributed by atoms with Gasteiger partial charge in [0.15, 0.2) is 0 Å². The van der Waals surface area contributed by atoms with Gasteiger partial charge in [0.2, 0.25) is 0 Å². The SMILES string of the molecule is Cc1c(C(C)NCC(O)c2ccncc2)cccc1[N+](=O)[O-]. The van der Waals surface area contributed by atoms with Gasteiger partial charge in [-0.2, -0.15) is 0 Å². The Bertz CT molecular complexity index is 646. The molecule has 2 rings (SSSR count). The van der Waals surface area contributed by atoms with Gasteiger partial charge >= 0.3 is 0 Å². The molecule has 0 spiro atoms. The maximum atomic E-state index is 11.0. The highest BCUT2D eigenvalue weighted by molar-refractivity contribution is 5.45. The molecule has 0 fully saturated rings. The molecule has 0 saturated carbocycles. The van der Waals surface area contributed by atoms with E-state index in [1.54, 1.807) is 37.5 Å². The van der Waals surface area contributed by atoms with Gasteiger partial charge in [0.05, 0.1) is 11.0 Å². The van der Waals surface area contributed by atoms with Crippen LogP contribution in [0.2, 0.25) is 0 Å². The van der Waals surface area contributed by atoms with Gasteiger partial charge in [-0.25, -0.2) is 0 Å². The highest BCUT2D eigenvalue weighted by Crippen LogP contribution is 2.26. The Morgan fingerprint density at radius 3 is 2.64 bits per heavy atom. The lowest BCUT2D eigenvalue weighted by molar-refractivity contribution is -0.385. The average Bonchev–Trinajstić information content (AvgIpc) is 2.53. The maximum Gasteiger partial charge on any atom is 0.272 e. The smallest absolute Gasteiger partial charge is 0.272 e. The van der Waals surface area contributed by atoms with Gasteiger partial charge in [0, 0.05) is 36.6 Å². The van der Waals surface area contributed by atoms with Crippen molar-refractivity contribution in [3.05, 3.63) is 69.5 Å². The molecule has 0 saturated heterocycles. The average molecular weight is 301 g/mol. The van der Waals surface area contributed by atoms with Crippen molar-refractivity contribution in [3.8, 4) is 0 Å². The molecule has 0 aliphatic rings. The topological polar surface area (TPSA) is 88.3 Å². The fraction of sp³-hybridized carbons (Fsp3) is 0.312. The highest BCUT2D eigenvalue weighted by atomic mass is 16.6. The van der Waals surface area contributed by atoms with Gasteiger partial charge in [0.1, 0.15) is 0 Å². The third-order valence-corrected chi connectivity index (χ3v) is 3.72. The highest BCUT2D eigenvalue weighted by Gasteiger charge is 2.17. The van der Waals surface area contributed by atoms with Crippen molar-refractivity contribution < 1.29 is 10.0 Å². The Labute approximate surface area is 129 Å². The molecule has 0 aliphatic heterocycles. The van der Waals surface area contributed by atoms with E-state index in [1.807, 2.05) is 13.0 Å². The van der Waals surface area contributed by atoms with Gasteiger partial charge in [0.25, 0.3) is 5.69 Å². The number of benzene rings is 1. The van der Waals surface area contributed by atoms with E-state index in [4.69, 9.17) is 0 Å². The van der Waals surface area contributed by atoms with Crippen LogP contribution in [0.25, 0.3) is 0 Å².